The van der Waals surface area contributed by atoms with Crippen molar-refractivity contribution in [3.05, 3.63) is 90.6 Å². The third kappa shape index (κ3) is 4.64. The Morgan fingerprint density at radius 2 is 1.74 bits per heavy atom. The highest BCUT2D eigenvalue weighted by molar-refractivity contribution is 7.15. The Kier molecular flexibility index (Phi) is 6.08. The molecular weight excluding hydrogens is 414 g/mol. The molecule has 2 aromatic heterocycles. The van der Waals surface area contributed by atoms with Gasteiger partial charge in [0.25, 0.3) is 11.1 Å². The molecule has 8 heteroatoms. The maximum absolute atomic E-state index is 12.8. The molecule has 0 aliphatic rings. The van der Waals surface area contributed by atoms with Crippen molar-refractivity contribution in [2.24, 2.45) is 0 Å². The highest BCUT2D eigenvalue weighted by atomic mass is 32.1. The van der Waals surface area contributed by atoms with Crippen molar-refractivity contribution in [1.82, 2.24) is 14.6 Å². The molecule has 158 valence electrons. The van der Waals surface area contributed by atoms with Crippen LogP contribution in [-0.2, 0) is 6.42 Å². The van der Waals surface area contributed by atoms with Gasteiger partial charge in [-0.3, -0.25) is 9.59 Å². The normalized spacial score (nSPS) is 11.7. The third-order valence-electron chi connectivity index (χ3n) is 4.63. The van der Waals surface area contributed by atoms with E-state index in [4.69, 9.17) is 9.47 Å². The first kappa shape index (κ1) is 20.7. The molecule has 0 aliphatic heterocycles. The van der Waals surface area contributed by atoms with Crippen molar-refractivity contribution in [2.75, 3.05) is 13.7 Å². The largest absolute Gasteiger partial charge is 0.497 e. The van der Waals surface area contributed by atoms with Crippen LogP contribution in [0.25, 0.3) is 11.0 Å². The highest BCUT2D eigenvalue weighted by Crippen LogP contribution is 2.14. The lowest BCUT2D eigenvalue weighted by Crippen LogP contribution is -2.28. The van der Waals surface area contributed by atoms with Crippen LogP contribution in [0, 0.1) is 0 Å². The number of hydrogen-bond donors (Lipinski definition) is 0. The lowest BCUT2D eigenvalue weighted by molar-refractivity contribution is 0.317. The minimum absolute atomic E-state index is 0.227. The Hall–Kier alpha value is -3.52. The molecule has 0 bridgehead atoms. The molecule has 0 radical (unpaired) electrons. The van der Waals surface area contributed by atoms with E-state index in [1.54, 1.807) is 13.2 Å². The van der Waals surface area contributed by atoms with Crippen LogP contribution in [0.2, 0.25) is 0 Å². The van der Waals surface area contributed by atoms with E-state index in [0.29, 0.717) is 11.1 Å². The maximum Gasteiger partial charge on any atom is 0.296 e. The molecule has 0 aliphatic carbocycles. The van der Waals surface area contributed by atoms with Crippen molar-refractivity contribution in [3.63, 3.8) is 0 Å². The number of thiazole rings is 1. The molecule has 31 heavy (non-hydrogen) atoms. The minimum atomic E-state index is -0.427. The summed E-state index contributed by atoms with van der Waals surface area (Å²) in [5.74, 6) is 1.52. The number of rotatable bonds is 7. The smallest absolute Gasteiger partial charge is 0.296 e. The number of fused-ring (bicyclic) bond motifs is 1. The van der Waals surface area contributed by atoms with Crippen molar-refractivity contribution in [1.29, 1.82) is 0 Å². The summed E-state index contributed by atoms with van der Waals surface area (Å²) in [5.41, 5.74) is 1.24. The van der Waals surface area contributed by atoms with E-state index in [9.17, 15) is 9.59 Å². The monoisotopic (exact) mass is 435 g/mol. The van der Waals surface area contributed by atoms with E-state index < -0.39 is 5.56 Å². The molecule has 4 rings (SSSR count). The molecule has 0 saturated heterocycles. The first-order valence-corrected chi connectivity index (χ1v) is 10.7. The van der Waals surface area contributed by atoms with Crippen LogP contribution in [0.15, 0.2) is 58.1 Å². The van der Waals surface area contributed by atoms with Crippen LogP contribution in [0.1, 0.15) is 30.2 Å². The molecule has 0 spiro atoms. The third-order valence-corrected chi connectivity index (χ3v) is 5.59. The Morgan fingerprint density at radius 1 is 1.03 bits per heavy atom. The van der Waals surface area contributed by atoms with E-state index in [-0.39, 0.29) is 22.6 Å². The summed E-state index contributed by atoms with van der Waals surface area (Å²) in [4.78, 5) is 29.6. The predicted octanol–water partition coefficient (Wildman–Crippen LogP) is 2.45. The lowest BCUT2D eigenvalue weighted by Gasteiger charge is -2.05. The zero-order valence-corrected chi connectivity index (χ0v) is 18.0. The van der Waals surface area contributed by atoms with Crippen molar-refractivity contribution < 1.29 is 9.47 Å². The van der Waals surface area contributed by atoms with Gasteiger partial charge in [0.2, 0.25) is 4.96 Å². The second-order valence-electron chi connectivity index (χ2n) is 6.92. The van der Waals surface area contributed by atoms with Crippen LogP contribution in [0.4, 0.5) is 0 Å². The summed E-state index contributed by atoms with van der Waals surface area (Å²) < 4.78 is 12.4. The fourth-order valence-electron chi connectivity index (χ4n) is 3.02. The summed E-state index contributed by atoms with van der Waals surface area (Å²) in [5, 5.41) is 4.30. The van der Waals surface area contributed by atoms with Gasteiger partial charge in [0, 0.05) is 6.42 Å². The lowest BCUT2D eigenvalue weighted by atomic mass is 10.1. The van der Waals surface area contributed by atoms with E-state index >= 15 is 0 Å². The molecule has 0 N–H and O–H groups in total. The average Bonchev–Trinajstić information content (AvgIpc) is 3.08. The number of ether oxygens (including phenoxy) is 2. The Balaban J connectivity index is 1.65. The molecule has 0 atom stereocenters. The minimum Gasteiger partial charge on any atom is -0.497 e. The summed E-state index contributed by atoms with van der Waals surface area (Å²) in [6, 6.07) is 14.8. The topological polar surface area (TPSA) is 82.8 Å². The molecule has 0 saturated carbocycles. The number of benzene rings is 2. The fraction of sp³-hybridized carbons (Fsp3) is 0.217. The van der Waals surface area contributed by atoms with Crippen LogP contribution < -0.4 is 25.1 Å². The Labute approximate surface area is 182 Å². The van der Waals surface area contributed by atoms with Gasteiger partial charge in [0.15, 0.2) is 0 Å². The Bertz CT molecular complexity index is 1360. The number of methoxy groups -OCH3 is 1. The van der Waals surface area contributed by atoms with E-state index in [0.717, 1.165) is 40.4 Å². The van der Waals surface area contributed by atoms with Crippen molar-refractivity contribution >= 4 is 22.4 Å². The maximum atomic E-state index is 12.8. The highest BCUT2D eigenvalue weighted by Gasteiger charge is 2.12. The number of hydrogen-bond acceptors (Lipinski definition) is 7. The molecule has 2 heterocycles. The molecule has 4 aromatic rings. The van der Waals surface area contributed by atoms with Crippen LogP contribution >= 0.6 is 11.3 Å². The van der Waals surface area contributed by atoms with Crippen LogP contribution in [-0.4, -0.2) is 28.3 Å². The predicted molar refractivity (Wildman–Crippen MR) is 120 cm³/mol. The van der Waals surface area contributed by atoms with E-state index in [2.05, 4.69) is 10.1 Å². The van der Waals surface area contributed by atoms with Crippen LogP contribution in [0.5, 0.6) is 11.5 Å². The van der Waals surface area contributed by atoms with Gasteiger partial charge in [-0.25, -0.2) is 0 Å². The van der Waals surface area contributed by atoms with Gasteiger partial charge in [-0.15, -0.1) is 0 Å². The van der Waals surface area contributed by atoms with Gasteiger partial charge in [-0.1, -0.05) is 42.5 Å². The Morgan fingerprint density at radius 3 is 2.42 bits per heavy atom. The molecule has 0 fully saturated rings. The second kappa shape index (κ2) is 9.09. The molecule has 0 amide bonds. The standard InChI is InChI=1S/C23H21N3O4S/c1-3-12-30-18-10-6-15(7-11-18)13-19-21(27)24-23-26(25-19)22(28)20(31-23)14-16-4-8-17(29-2)9-5-16/h4-11,14H,3,12-13H2,1-2H3/b20-14-. The van der Waals surface area contributed by atoms with Gasteiger partial charge in [0.05, 0.1) is 18.2 Å². The molecule has 2 aromatic carbocycles. The van der Waals surface area contributed by atoms with Gasteiger partial charge in [-0.05, 0) is 47.9 Å². The number of nitrogens with zero attached hydrogens (tertiary/aromatic N) is 3. The van der Waals surface area contributed by atoms with Gasteiger partial charge in [-0.2, -0.15) is 14.6 Å². The number of aromatic nitrogens is 3. The molecule has 0 unspecified atom stereocenters. The summed E-state index contributed by atoms with van der Waals surface area (Å²) in [6.45, 7) is 2.70. The summed E-state index contributed by atoms with van der Waals surface area (Å²) in [7, 11) is 1.60. The van der Waals surface area contributed by atoms with E-state index in [1.165, 1.54) is 4.52 Å². The summed E-state index contributed by atoms with van der Waals surface area (Å²) >= 11 is 1.14. The van der Waals surface area contributed by atoms with Gasteiger partial charge < -0.3 is 9.47 Å². The molecular formula is C23H21N3O4S. The van der Waals surface area contributed by atoms with Crippen molar-refractivity contribution in [2.45, 2.75) is 19.8 Å². The van der Waals surface area contributed by atoms with Gasteiger partial charge in [0.1, 0.15) is 17.2 Å². The first-order chi connectivity index (χ1) is 15.1. The quantitative estimate of drug-likeness (QED) is 0.444. The van der Waals surface area contributed by atoms with Gasteiger partial charge >= 0.3 is 0 Å². The van der Waals surface area contributed by atoms with E-state index in [1.807, 2.05) is 55.5 Å². The molecule has 7 nitrogen and oxygen atoms in total. The average molecular weight is 436 g/mol. The zero-order valence-electron chi connectivity index (χ0n) is 17.2. The van der Waals surface area contributed by atoms with Crippen LogP contribution in [0.3, 0.4) is 0 Å². The zero-order chi connectivity index (χ0) is 21.8. The fourth-order valence-corrected chi connectivity index (χ4v) is 3.92. The van der Waals surface area contributed by atoms with Crippen molar-refractivity contribution in [3.8, 4) is 11.5 Å². The first-order valence-electron chi connectivity index (χ1n) is 9.87. The SMILES string of the molecule is CCCOc1ccc(Cc2nn3c(=O)/c(=C/c4ccc(OC)cc4)sc3nc2=O)cc1. The summed E-state index contributed by atoms with van der Waals surface area (Å²) in [6.07, 6.45) is 2.97. The second-order valence-corrected chi connectivity index (χ2v) is 7.93.